The van der Waals surface area contributed by atoms with E-state index < -0.39 is 0 Å². The Kier molecular flexibility index (Phi) is 5.60. The summed E-state index contributed by atoms with van der Waals surface area (Å²) in [5, 5.41) is 2.87. The predicted molar refractivity (Wildman–Crippen MR) is 76.9 cm³/mol. The molecule has 0 atom stereocenters. The van der Waals surface area contributed by atoms with Gasteiger partial charge in [-0.1, -0.05) is 26.7 Å². The summed E-state index contributed by atoms with van der Waals surface area (Å²) in [6.45, 7) is 6.67. The molecule has 0 aliphatic carbocycles. The molecule has 1 heterocycles. The minimum atomic E-state index is -0.308. The zero-order valence-electron chi connectivity index (χ0n) is 11.9. The fourth-order valence-corrected chi connectivity index (χ4v) is 1.92. The Morgan fingerprint density at radius 1 is 1.37 bits per heavy atom. The number of anilines is 1. The minimum absolute atomic E-state index is 0.0237. The molecule has 106 valence electrons. The number of hydrogen-bond donors (Lipinski definition) is 2. The number of nitrogen functional groups attached to an aromatic ring is 1. The zero-order chi connectivity index (χ0) is 14.4. The molecule has 5 nitrogen and oxygen atoms in total. The molecule has 0 bridgehead atoms. The van der Waals surface area contributed by atoms with Crippen LogP contribution in [0.25, 0.3) is 0 Å². The normalized spacial score (nSPS) is 10.7. The predicted octanol–water partition coefficient (Wildman–Crippen LogP) is 1.29. The maximum absolute atomic E-state index is 11.9. The molecule has 5 heteroatoms. The summed E-state index contributed by atoms with van der Waals surface area (Å²) in [7, 11) is 0. The Labute approximate surface area is 113 Å². The van der Waals surface area contributed by atoms with Gasteiger partial charge in [0.05, 0.1) is 5.69 Å². The van der Waals surface area contributed by atoms with Crippen LogP contribution in [0, 0.1) is 12.8 Å². The van der Waals surface area contributed by atoms with E-state index in [2.05, 4.69) is 19.2 Å². The van der Waals surface area contributed by atoms with E-state index in [0.717, 1.165) is 18.5 Å². The number of carbonyl (C=O) groups is 1. The monoisotopic (exact) mass is 265 g/mol. The Balaban J connectivity index is 2.68. The lowest BCUT2D eigenvalue weighted by atomic mass is 10.0. The van der Waals surface area contributed by atoms with Crippen molar-refractivity contribution in [3.63, 3.8) is 0 Å². The molecular weight excluding hydrogens is 242 g/mol. The van der Waals surface area contributed by atoms with Gasteiger partial charge < -0.3 is 15.6 Å². The van der Waals surface area contributed by atoms with Gasteiger partial charge in [-0.15, -0.1) is 0 Å². The Morgan fingerprint density at radius 3 is 2.58 bits per heavy atom. The van der Waals surface area contributed by atoms with Crippen LogP contribution in [0.3, 0.4) is 0 Å². The van der Waals surface area contributed by atoms with Crippen molar-refractivity contribution in [2.45, 2.75) is 40.2 Å². The minimum Gasteiger partial charge on any atom is -0.394 e. The van der Waals surface area contributed by atoms with Gasteiger partial charge >= 0.3 is 0 Å². The van der Waals surface area contributed by atoms with Crippen molar-refractivity contribution in [1.29, 1.82) is 0 Å². The molecule has 1 aromatic heterocycles. The van der Waals surface area contributed by atoms with E-state index in [1.807, 2.05) is 0 Å². The van der Waals surface area contributed by atoms with Gasteiger partial charge in [-0.2, -0.15) is 0 Å². The number of aromatic nitrogens is 1. The first-order valence-corrected chi connectivity index (χ1v) is 6.72. The fraction of sp³-hybridized carbons (Fsp3) is 0.571. The van der Waals surface area contributed by atoms with Gasteiger partial charge in [-0.25, -0.2) is 0 Å². The number of rotatable bonds is 6. The van der Waals surface area contributed by atoms with E-state index in [1.165, 1.54) is 4.57 Å². The standard InChI is InChI=1S/C14H23N3O2/c1-4-11(5-2)8-16-13(18)9-17-10(3)6-7-12(15)14(17)19/h6-7,11H,4-5,8-9,15H2,1-3H3,(H,16,18). The molecule has 1 aromatic rings. The number of nitrogens with zero attached hydrogens (tertiary/aromatic N) is 1. The summed E-state index contributed by atoms with van der Waals surface area (Å²) in [5.74, 6) is 0.338. The summed E-state index contributed by atoms with van der Waals surface area (Å²) < 4.78 is 1.40. The number of carbonyl (C=O) groups excluding carboxylic acids is 1. The summed E-state index contributed by atoms with van der Waals surface area (Å²) in [6.07, 6.45) is 2.07. The van der Waals surface area contributed by atoms with Crippen LogP contribution < -0.4 is 16.6 Å². The Morgan fingerprint density at radius 2 is 2.00 bits per heavy atom. The van der Waals surface area contributed by atoms with Crippen LogP contribution in [0.4, 0.5) is 5.69 Å². The van der Waals surface area contributed by atoms with Crippen molar-refractivity contribution in [3.05, 3.63) is 28.2 Å². The van der Waals surface area contributed by atoms with E-state index in [4.69, 9.17) is 5.73 Å². The molecule has 0 saturated carbocycles. The molecule has 0 unspecified atom stereocenters. The number of nitrogens with two attached hydrogens (primary N) is 1. The first-order chi connectivity index (χ1) is 8.99. The molecule has 1 rings (SSSR count). The Bertz CT molecular complexity index is 490. The largest absolute Gasteiger partial charge is 0.394 e. The maximum atomic E-state index is 11.9. The number of nitrogens with one attached hydrogen (secondary N) is 1. The third-order valence-electron chi connectivity index (χ3n) is 3.47. The smallest absolute Gasteiger partial charge is 0.274 e. The topological polar surface area (TPSA) is 77.1 Å². The summed E-state index contributed by atoms with van der Waals surface area (Å²) >= 11 is 0. The van der Waals surface area contributed by atoms with Gasteiger partial charge in [-0.05, 0) is 25.0 Å². The number of hydrogen-bond acceptors (Lipinski definition) is 3. The van der Waals surface area contributed by atoms with Gasteiger partial charge in [-0.3, -0.25) is 9.59 Å². The van der Waals surface area contributed by atoms with Gasteiger partial charge in [0.15, 0.2) is 0 Å². The highest BCUT2D eigenvalue weighted by Crippen LogP contribution is 2.05. The van der Waals surface area contributed by atoms with Crippen molar-refractivity contribution in [1.82, 2.24) is 9.88 Å². The van der Waals surface area contributed by atoms with Crippen LogP contribution in [-0.4, -0.2) is 17.0 Å². The van der Waals surface area contributed by atoms with Crippen LogP contribution in [0.2, 0.25) is 0 Å². The van der Waals surface area contributed by atoms with Crippen molar-refractivity contribution in [2.75, 3.05) is 12.3 Å². The lowest BCUT2D eigenvalue weighted by Crippen LogP contribution is -2.36. The molecule has 0 saturated heterocycles. The quantitative estimate of drug-likeness (QED) is 0.813. The van der Waals surface area contributed by atoms with Crippen molar-refractivity contribution in [2.24, 2.45) is 5.92 Å². The summed E-state index contributed by atoms with van der Waals surface area (Å²) in [4.78, 5) is 23.7. The lowest BCUT2D eigenvalue weighted by Gasteiger charge is -2.15. The molecular formula is C14H23N3O2. The van der Waals surface area contributed by atoms with Gasteiger partial charge in [0.1, 0.15) is 6.54 Å². The second kappa shape index (κ2) is 6.97. The first-order valence-electron chi connectivity index (χ1n) is 6.72. The van der Waals surface area contributed by atoms with Crippen LogP contribution in [0.5, 0.6) is 0 Å². The van der Waals surface area contributed by atoms with E-state index in [-0.39, 0.29) is 23.7 Å². The summed E-state index contributed by atoms with van der Waals surface area (Å²) in [6, 6.07) is 3.31. The van der Waals surface area contributed by atoms with Crippen molar-refractivity contribution < 1.29 is 4.79 Å². The van der Waals surface area contributed by atoms with Gasteiger partial charge in [0.2, 0.25) is 5.91 Å². The highest BCUT2D eigenvalue weighted by atomic mass is 16.2. The molecule has 0 aliphatic rings. The van der Waals surface area contributed by atoms with Crippen LogP contribution in [-0.2, 0) is 11.3 Å². The van der Waals surface area contributed by atoms with Crippen molar-refractivity contribution >= 4 is 11.6 Å². The molecule has 0 fully saturated rings. The van der Waals surface area contributed by atoms with Gasteiger partial charge in [0, 0.05) is 12.2 Å². The SMILES string of the molecule is CCC(CC)CNC(=O)Cn1c(C)ccc(N)c1=O. The summed E-state index contributed by atoms with van der Waals surface area (Å²) in [5.41, 5.74) is 6.16. The second-order valence-corrected chi connectivity index (χ2v) is 4.81. The number of amides is 1. The second-order valence-electron chi connectivity index (χ2n) is 4.81. The highest BCUT2D eigenvalue weighted by molar-refractivity contribution is 5.75. The van der Waals surface area contributed by atoms with Gasteiger partial charge in [0.25, 0.3) is 5.56 Å². The highest BCUT2D eigenvalue weighted by Gasteiger charge is 2.10. The molecule has 0 radical (unpaired) electrons. The van der Waals surface area contributed by atoms with E-state index in [9.17, 15) is 9.59 Å². The average Bonchev–Trinajstić information content (AvgIpc) is 2.40. The molecule has 3 N–H and O–H groups in total. The molecule has 19 heavy (non-hydrogen) atoms. The van der Waals surface area contributed by atoms with E-state index in [0.29, 0.717) is 12.5 Å². The molecule has 0 spiro atoms. The number of pyridine rings is 1. The molecule has 1 amide bonds. The maximum Gasteiger partial charge on any atom is 0.274 e. The van der Waals surface area contributed by atoms with Crippen LogP contribution >= 0.6 is 0 Å². The average molecular weight is 265 g/mol. The van der Waals surface area contributed by atoms with Crippen LogP contribution in [0.15, 0.2) is 16.9 Å². The third kappa shape index (κ3) is 4.12. The van der Waals surface area contributed by atoms with E-state index >= 15 is 0 Å². The van der Waals surface area contributed by atoms with E-state index in [1.54, 1.807) is 19.1 Å². The number of aryl methyl sites for hydroxylation is 1. The first kappa shape index (κ1) is 15.3. The molecule has 0 aromatic carbocycles. The lowest BCUT2D eigenvalue weighted by molar-refractivity contribution is -0.121. The zero-order valence-corrected chi connectivity index (χ0v) is 11.9. The van der Waals surface area contributed by atoms with Crippen LogP contribution in [0.1, 0.15) is 32.4 Å². The van der Waals surface area contributed by atoms with Crippen molar-refractivity contribution in [3.8, 4) is 0 Å². The Hall–Kier alpha value is -1.78. The third-order valence-corrected chi connectivity index (χ3v) is 3.47. The molecule has 0 aliphatic heterocycles. The fourth-order valence-electron chi connectivity index (χ4n) is 1.92.